The first kappa shape index (κ1) is 20.5. The second kappa shape index (κ2) is 8.17. The molecule has 0 N–H and O–H groups in total. The van der Waals surface area contributed by atoms with E-state index < -0.39 is 11.9 Å². The van der Waals surface area contributed by atoms with Crippen molar-refractivity contribution in [2.75, 3.05) is 20.2 Å². The summed E-state index contributed by atoms with van der Waals surface area (Å²) in [5.41, 5.74) is 1.49. The Morgan fingerprint density at radius 2 is 1.97 bits per heavy atom. The Morgan fingerprint density at radius 3 is 2.63 bits per heavy atom. The average molecular weight is 420 g/mol. The van der Waals surface area contributed by atoms with Crippen molar-refractivity contribution in [1.29, 1.82) is 0 Å². The molecule has 1 unspecified atom stereocenters. The SMILES string of the molecule is CCc1cc(C(F)(F)F)n2nc(C3CCCN(Cc4cnc(OC)nc4)C3)cc2n1. The van der Waals surface area contributed by atoms with Gasteiger partial charge in [-0.15, -0.1) is 0 Å². The van der Waals surface area contributed by atoms with Gasteiger partial charge in [-0.2, -0.15) is 18.3 Å². The largest absolute Gasteiger partial charge is 0.467 e. The number of fused-ring (bicyclic) bond motifs is 1. The number of methoxy groups -OCH3 is 1. The molecule has 0 bridgehead atoms. The van der Waals surface area contributed by atoms with E-state index in [1.807, 2.05) is 0 Å². The van der Waals surface area contributed by atoms with Crippen molar-refractivity contribution in [3.8, 4) is 6.01 Å². The van der Waals surface area contributed by atoms with E-state index in [1.165, 1.54) is 7.11 Å². The predicted molar refractivity (Wildman–Crippen MR) is 103 cm³/mol. The van der Waals surface area contributed by atoms with Gasteiger partial charge in [0.05, 0.1) is 12.8 Å². The number of halogens is 3. The molecular weight excluding hydrogens is 397 g/mol. The van der Waals surface area contributed by atoms with Gasteiger partial charge < -0.3 is 4.74 Å². The van der Waals surface area contributed by atoms with Crippen LogP contribution in [-0.2, 0) is 19.1 Å². The number of alkyl halides is 3. The van der Waals surface area contributed by atoms with Crippen molar-refractivity contribution < 1.29 is 17.9 Å². The first-order valence-electron chi connectivity index (χ1n) is 9.91. The normalized spacial score (nSPS) is 18.1. The lowest BCUT2D eigenvalue weighted by atomic mass is 9.94. The number of ether oxygens (including phenoxy) is 1. The lowest BCUT2D eigenvalue weighted by Crippen LogP contribution is -2.34. The summed E-state index contributed by atoms with van der Waals surface area (Å²) in [5.74, 6) is 0.0470. The summed E-state index contributed by atoms with van der Waals surface area (Å²) in [5, 5.41) is 4.31. The summed E-state index contributed by atoms with van der Waals surface area (Å²) >= 11 is 0. The fraction of sp³-hybridized carbons (Fsp3) is 0.500. The minimum absolute atomic E-state index is 0.0470. The van der Waals surface area contributed by atoms with E-state index in [0.29, 0.717) is 36.9 Å². The zero-order valence-corrected chi connectivity index (χ0v) is 16.9. The maximum atomic E-state index is 13.5. The van der Waals surface area contributed by atoms with E-state index >= 15 is 0 Å². The summed E-state index contributed by atoms with van der Waals surface area (Å²) in [6, 6.07) is 3.10. The van der Waals surface area contributed by atoms with Gasteiger partial charge in [-0.25, -0.2) is 19.5 Å². The summed E-state index contributed by atoms with van der Waals surface area (Å²) in [7, 11) is 1.52. The molecule has 7 nitrogen and oxygen atoms in total. The zero-order chi connectivity index (χ0) is 21.3. The molecule has 0 saturated carbocycles. The summed E-state index contributed by atoms with van der Waals surface area (Å²) < 4.78 is 46.5. The molecule has 3 aromatic rings. The van der Waals surface area contributed by atoms with Gasteiger partial charge in [0.1, 0.15) is 5.69 Å². The topological polar surface area (TPSA) is 68.4 Å². The van der Waals surface area contributed by atoms with Crippen LogP contribution in [0.25, 0.3) is 5.65 Å². The van der Waals surface area contributed by atoms with Crippen LogP contribution >= 0.6 is 0 Å². The number of rotatable bonds is 5. The molecule has 1 aliphatic rings. The Bertz CT molecular complexity index is 1020. The molecule has 1 atom stereocenters. The first-order valence-corrected chi connectivity index (χ1v) is 9.91. The Balaban J connectivity index is 1.57. The van der Waals surface area contributed by atoms with Gasteiger partial charge in [-0.3, -0.25) is 4.90 Å². The molecule has 160 valence electrons. The van der Waals surface area contributed by atoms with Gasteiger partial charge in [0.2, 0.25) is 0 Å². The van der Waals surface area contributed by atoms with E-state index in [1.54, 1.807) is 25.4 Å². The van der Waals surface area contributed by atoms with Crippen LogP contribution in [0.1, 0.15) is 48.3 Å². The Kier molecular flexibility index (Phi) is 5.59. The van der Waals surface area contributed by atoms with Crippen LogP contribution < -0.4 is 4.74 Å². The molecule has 0 aliphatic carbocycles. The zero-order valence-electron chi connectivity index (χ0n) is 16.9. The number of hydrogen-bond donors (Lipinski definition) is 0. The standard InChI is InChI=1S/C20H23F3N6O/c1-3-15-7-17(20(21,22)23)29-18(26-15)8-16(27-29)14-5-4-6-28(12-14)11-13-9-24-19(30-2)25-10-13/h7-10,14H,3-6,11-12H2,1-2H3. The highest BCUT2D eigenvalue weighted by atomic mass is 19.4. The summed E-state index contributed by atoms with van der Waals surface area (Å²) in [6.45, 7) is 4.07. The summed E-state index contributed by atoms with van der Waals surface area (Å²) in [6.07, 6.45) is 1.22. The van der Waals surface area contributed by atoms with Gasteiger partial charge in [-0.1, -0.05) is 6.92 Å². The molecule has 1 aliphatic heterocycles. The maximum Gasteiger partial charge on any atom is 0.433 e. The Morgan fingerprint density at radius 1 is 1.20 bits per heavy atom. The quantitative estimate of drug-likeness (QED) is 0.630. The molecule has 4 heterocycles. The van der Waals surface area contributed by atoms with E-state index in [0.717, 1.165) is 35.5 Å². The van der Waals surface area contributed by atoms with Crippen molar-refractivity contribution in [2.45, 2.75) is 44.8 Å². The maximum absolute atomic E-state index is 13.5. The van der Waals surface area contributed by atoms with Crippen molar-refractivity contribution >= 4 is 5.65 Å². The molecule has 10 heteroatoms. The smallest absolute Gasteiger partial charge is 0.433 e. The van der Waals surface area contributed by atoms with Crippen LogP contribution in [-0.4, -0.2) is 49.7 Å². The lowest BCUT2D eigenvalue weighted by Gasteiger charge is -2.31. The van der Waals surface area contributed by atoms with Crippen molar-refractivity contribution in [2.24, 2.45) is 0 Å². The number of nitrogens with zero attached hydrogens (tertiary/aromatic N) is 6. The molecule has 1 fully saturated rings. The summed E-state index contributed by atoms with van der Waals surface area (Å²) in [4.78, 5) is 14.8. The number of aryl methyl sites for hydroxylation is 1. The average Bonchev–Trinajstić information content (AvgIpc) is 3.17. The second-order valence-electron chi connectivity index (χ2n) is 7.48. The van der Waals surface area contributed by atoms with Gasteiger partial charge >= 0.3 is 12.2 Å². The van der Waals surface area contributed by atoms with Crippen LogP contribution in [0.4, 0.5) is 13.2 Å². The van der Waals surface area contributed by atoms with Crippen LogP contribution in [0.3, 0.4) is 0 Å². The van der Waals surface area contributed by atoms with Crippen LogP contribution in [0.2, 0.25) is 0 Å². The highest BCUT2D eigenvalue weighted by Gasteiger charge is 2.35. The fourth-order valence-corrected chi connectivity index (χ4v) is 3.86. The van der Waals surface area contributed by atoms with Crippen LogP contribution in [0.5, 0.6) is 6.01 Å². The predicted octanol–water partition coefficient (Wildman–Crippen LogP) is 3.49. The minimum atomic E-state index is -4.48. The Labute approximate surface area is 171 Å². The van der Waals surface area contributed by atoms with Crippen LogP contribution in [0.15, 0.2) is 24.5 Å². The molecule has 3 aromatic heterocycles. The molecule has 1 saturated heterocycles. The van der Waals surface area contributed by atoms with Crippen molar-refractivity contribution in [3.05, 3.63) is 47.2 Å². The first-order chi connectivity index (χ1) is 14.4. The van der Waals surface area contributed by atoms with E-state index in [4.69, 9.17) is 4.74 Å². The van der Waals surface area contributed by atoms with Gasteiger partial charge in [0.25, 0.3) is 0 Å². The number of likely N-dealkylation sites (tertiary alicyclic amines) is 1. The van der Waals surface area contributed by atoms with Gasteiger partial charge in [0.15, 0.2) is 5.65 Å². The van der Waals surface area contributed by atoms with Gasteiger partial charge in [0, 0.05) is 48.7 Å². The molecular formula is C20H23F3N6O. The molecule has 0 spiro atoms. The Hall–Kier alpha value is -2.75. The molecule has 4 rings (SSSR count). The lowest BCUT2D eigenvalue weighted by molar-refractivity contribution is -0.142. The second-order valence-corrected chi connectivity index (χ2v) is 7.48. The molecule has 30 heavy (non-hydrogen) atoms. The highest BCUT2D eigenvalue weighted by molar-refractivity contribution is 5.43. The number of piperidine rings is 1. The van der Waals surface area contributed by atoms with E-state index in [9.17, 15) is 13.2 Å². The molecule has 0 aromatic carbocycles. The number of hydrogen-bond acceptors (Lipinski definition) is 6. The minimum Gasteiger partial charge on any atom is -0.467 e. The fourth-order valence-electron chi connectivity index (χ4n) is 3.86. The molecule has 0 radical (unpaired) electrons. The van der Waals surface area contributed by atoms with Crippen molar-refractivity contribution in [1.82, 2.24) is 29.5 Å². The third-order valence-corrected chi connectivity index (χ3v) is 5.35. The van der Waals surface area contributed by atoms with E-state index in [-0.39, 0.29) is 11.6 Å². The van der Waals surface area contributed by atoms with E-state index in [2.05, 4.69) is 25.0 Å². The number of aromatic nitrogens is 5. The highest BCUT2D eigenvalue weighted by Crippen LogP contribution is 2.32. The van der Waals surface area contributed by atoms with Crippen LogP contribution in [0, 0.1) is 0 Å². The monoisotopic (exact) mass is 420 g/mol. The third kappa shape index (κ3) is 4.23. The molecule has 0 amide bonds. The third-order valence-electron chi connectivity index (χ3n) is 5.35. The van der Waals surface area contributed by atoms with Crippen molar-refractivity contribution in [3.63, 3.8) is 0 Å². The van der Waals surface area contributed by atoms with Gasteiger partial charge in [-0.05, 0) is 31.9 Å².